The van der Waals surface area contributed by atoms with Gasteiger partial charge in [-0.1, -0.05) is 78.9 Å². The summed E-state index contributed by atoms with van der Waals surface area (Å²) in [6.07, 6.45) is 20.6. The first-order chi connectivity index (χ1) is 26.8. The lowest BCUT2D eigenvalue weighted by atomic mass is 9.88. The van der Waals surface area contributed by atoms with Gasteiger partial charge >= 0.3 is 0 Å². The van der Waals surface area contributed by atoms with Crippen LogP contribution in [0.25, 0.3) is 55.6 Å². The van der Waals surface area contributed by atoms with Crippen LogP contribution < -0.4 is 10.6 Å². The molecule has 2 N–H and O–H groups in total. The maximum absolute atomic E-state index is 4.17. The van der Waals surface area contributed by atoms with Gasteiger partial charge in [-0.2, -0.15) is 0 Å². The summed E-state index contributed by atoms with van der Waals surface area (Å²) in [6.45, 7) is 0. The summed E-state index contributed by atoms with van der Waals surface area (Å²) in [6, 6.07) is 37.9. The number of nitrogens with one attached hydrogen (secondary N) is 2. The Hall–Kier alpha value is -5.74. The summed E-state index contributed by atoms with van der Waals surface area (Å²) in [5.74, 6) is 0. The Morgan fingerprint density at radius 1 is 0.556 bits per heavy atom. The number of aromatic nitrogens is 2. The number of fused-ring (bicyclic) bond motifs is 10. The highest BCUT2D eigenvalue weighted by molar-refractivity contribution is 6.15. The van der Waals surface area contributed by atoms with Crippen molar-refractivity contribution < 1.29 is 0 Å². The average molecular weight is 701 g/mol. The molecule has 2 aromatic heterocycles. The molecule has 2 atom stereocenters. The molecule has 0 radical (unpaired) electrons. The molecule has 0 bridgehead atoms. The molecule has 0 saturated heterocycles. The van der Waals surface area contributed by atoms with Crippen LogP contribution in [0.1, 0.15) is 83.4 Å². The number of rotatable bonds is 3. The smallest absolute Gasteiger partial charge is 0.128 e. The van der Waals surface area contributed by atoms with Crippen molar-refractivity contribution in [3.8, 4) is 16.8 Å². The van der Waals surface area contributed by atoms with E-state index in [0.717, 1.165) is 38.5 Å². The highest BCUT2D eigenvalue weighted by Crippen LogP contribution is 2.47. The van der Waals surface area contributed by atoms with Gasteiger partial charge < -0.3 is 19.8 Å². The van der Waals surface area contributed by atoms with Gasteiger partial charge in [0.25, 0.3) is 0 Å². The molecule has 0 fully saturated rings. The molecule has 5 aromatic carbocycles. The summed E-state index contributed by atoms with van der Waals surface area (Å²) < 4.78 is 5.28. The molecule has 4 nitrogen and oxygen atoms in total. The van der Waals surface area contributed by atoms with E-state index in [2.05, 4.69) is 141 Å². The molecule has 4 aliphatic carbocycles. The predicted octanol–water partition coefficient (Wildman–Crippen LogP) is 11.3. The van der Waals surface area contributed by atoms with Gasteiger partial charge in [0.2, 0.25) is 0 Å². The van der Waals surface area contributed by atoms with E-state index in [4.69, 9.17) is 0 Å². The summed E-state index contributed by atoms with van der Waals surface area (Å²) in [7, 11) is 0. The van der Waals surface area contributed by atoms with Crippen molar-refractivity contribution in [2.45, 2.75) is 76.4 Å². The van der Waals surface area contributed by atoms with Gasteiger partial charge in [0.15, 0.2) is 0 Å². The molecule has 7 aromatic rings. The van der Waals surface area contributed by atoms with E-state index >= 15 is 0 Å². The molecule has 264 valence electrons. The van der Waals surface area contributed by atoms with E-state index in [1.165, 1.54) is 126 Å². The van der Waals surface area contributed by atoms with Crippen LogP contribution in [0.3, 0.4) is 0 Å². The Labute approximate surface area is 316 Å². The topological polar surface area (TPSA) is 33.9 Å². The summed E-state index contributed by atoms with van der Waals surface area (Å²) >= 11 is 0. The number of allylic oxidation sites excluding steroid dienone is 4. The fraction of sp³-hybridized carbons (Fsp3) is 0.240. The quantitative estimate of drug-likeness (QED) is 0.192. The third-order valence-corrected chi connectivity index (χ3v) is 13.2. The van der Waals surface area contributed by atoms with Gasteiger partial charge in [-0.25, -0.2) is 0 Å². The fourth-order valence-corrected chi connectivity index (χ4v) is 10.6. The lowest BCUT2D eigenvalue weighted by Crippen LogP contribution is -2.44. The van der Waals surface area contributed by atoms with Crippen LogP contribution in [-0.2, 0) is 32.1 Å². The Morgan fingerprint density at radius 2 is 1.41 bits per heavy atom. The number of aryl methyl sites for hydroxylation is 4. The van der Waals surface area contributed by atoms with Crippen molar-refractivity contribution in [1.29, 1.82) is 0 Å². The van der Waals surface area contributed by atoms with Gasteiger partial charge in [-0.15, -0.1) is 0 Å². The molecule has 4 heteroatoms. The van der Waals surface area contributed by atoms with E-state index in [-0.39, 0.29) is 12.2 Å². The van der Waals surface area contributed by atoms with Crippen molar-refractivity contribution in [2.24, 2.45) is 0 Å². The molecule has 5 aliphatic rings. The van der Waals surface area contributed by atoms with Crippen LogP contribution in [0.5, 0.6) is 0 Å². The maximum Gasteiger partial charge on any atom is 0.128 e. The largest absolute Gasteiger partial charge is 0.373 e. The Balaban J connectivity index is 1.14. The van der Waals surface area contributed by atoms with Crippen LogP contribution in [0.4, 0.5) is 0 Å². The van der Waals surface area contributed by atoms with E-state index in [1.54, 1.807) is 0 Å². The van der Waals surface area contributed by atoms with E-state index in [9.17, 15) is 0 Å². The minimum absolute atomic E-state index is 0.0248. The molecule has 2 unspecified atom stereocenters. The van der Waals surface area contributed by atoms with E-state index < -0.39 is 0 Å². The minimum Gasteiger partial charge on any atom is -0.373 e. The zero-order valence-electron chi connectivity index (χ0n) is 30.7. The fourth-order valence-electron chi connectivity index (χ4n) is 10.6. The van der Waals surface area contributed by atoms with Gasteiger partial charge in [0, 0.05) is 38.8 Å². The van der Waals surface area contributed by atoms with Crippen LogP contribution in [0.2, 0.25) is 0 Å². The lowest BCUT2D eigenvalue weighted by molar-refractivity contribution is 0.319. The van der Waals surface area contributed by atoms with Crippen LogP contribution in [0.15, 0.2) is 127 Å². The predicted molar refractivity (Wildman–Crippen MR) is 223 cm³/mol. The first-order valence-corrected chi connectivity index (χ1v) is 20.3. The second-order valence-corrected chi connectivity index (χ2v) is 16.2. The normalized spacial score (nSPS) is 19.9. The van der Waals surface area contributed by atoms with Crippen LogP contribution in [-0.4, -0.2) is 9.13 Å². The molecule has 1 aliphatic heterocycles. The molecular weight excluding hydrogens is 657 g/mol. The van der Waals surface area contributed by atoms with Gasteiger partial charge in [-0.3, -0.25) is 0 Å². The Kier molecular flexibility index (Phi) is 6.75. The first-order valence-electron chi connectivity index (χ1n) is 20.3. The Morgan fingerprint density at radius 3 is 2.39 bits per heavy atom. The summed E-state index contributed by atoms with van der Waals surface area (Å²) in [5.41, 5.74) is 20.6. The maximum atomic E-state index is 4.17. The van der Waals surface area contributed by atoms with Gasteiger partial charge in [0.05, 0.1) is 28.3 Å². The summed E-state index contributed by atoms with van der Waals surface area (Å²) in [4.78, 5) is 0. The third-order valence-electron chi connectivity index (χ3n) is 13.2. The monoisotopic (exact) mass is 700 g/mol. The lowest BCUT2D eigenvalue weighted by Gasteiger charge is -2.40. The van der Waals surface area contributed by atoms with Crippen molar-refractivity contribution in [2.75, 3.05) is 0 Å². The molecular formula is C50H44N4. The SMILES string of the molecule is C1=CC2=C(CC1)NC(n1c3ccccc3c3cc4c5c(n(-c6ccc7c(c6)CCCC7)c4cc31)CCc1ccccc1-5)C(c1ccc3c(c1)C=CCC3)N2. The van der Waals surface area contributed by atoms with Crippen molar-refractivity contribution in [3.63, 3.8) is 0 Å². The Bertz CT molecular complexity index is 2800. The molecule has 54 heavy (non-hydrogen) atoms. The standard InChI is InChI=1S/C50H44N4/c1-3-14-34-27-36(22-21-31(34)11-1)49-50(52-43-19-9-8-18-42(43)51-49)54-44-20-10-7-17-39(44)40-29-41-47(30-46(40)54)53(37-25-23-32-12-2-4-15-35(32)28-37)45-26-24-33-13-5-6-16-38(33)48(41)45/h3,5-8,10,13-14,16-18,20-23,25,27-30,49-52H,1-2,4,9,11-12,15,19,24,26H2. The van der Waals surface area contributed by atoms with Crippen LogP contribution in [0, 0.1) is 0 Å². The second-order valence-electron chi connectivity index (χ2n) is 16.2. The highest BCUT2D eigenvalue weighted by atomic mass is 15.3. The molecule has 0 spiro atoms. The number of para-hydroxylation sites is 1. The van der Waals surface area contributed by atoms with E-state index in [1.807, 2.05) is 0 Å². The van der Waals surface area contributed by atoms with Crippen molar-refractivity contribution >= 4 is 38.8 Å². The second kappa shape index (κ2) is 11.9. The highest BCUT2D eigenvalue weighted by Gasteiger charge is 2.35. The molecule has 0 saturated carbocycles. The summed E-state index contributed by atoms with van der Waals surface area (Å²) in [5, 5.41) is 12.2. The molecule has 0 amide bonds. The number of nitrogens with zero attached hydrogens (tertiary/aromatic N) is 2. The van der Waals surface area contributed by atoms with Crippen molar-refractivity contribution in [3.05, 3.63) is 166 Å². The zero-order chi connectivity index (χ0) is 35.3. The van der Waals surface area contributed by atoms with Gasteiger partial charge in [-0.05, 0) is 146 Å². The number of hydrogen-bond donors (Lipinski definition) is 2. The van der Waals surface area contributed by atoms with Crippen LogP contribution >= 0.6 is 0 Å². The first kappa shape index (κ1) is 30.7. The molecule has 3 heterocycles. The number of hydrogen-bond acceptors (Lipinski definition) is 2. The third kappa shape index (κ3) is 4.55. The van der Waals surface area contributed by atoms with E-state index in [0.29, 0.717) is 0 Å². The average Bonchev–Trinajstić information content (AvgIpc) is 3.74. The minimum atomic E-state index is -0.0248. The van der Waals surface area contributed by atoms with Gasteiger partial charge in [0.1, 0.15) is 6.17 Å². The zero-order valence-corrected chi connectivity index (χ0v) is 30.7. The van der Waals surface area contributed by atoms with Crippen molar-refractivity contribution in [1.82, 2.24) is 19.8 Å². The number of benzene rings is 5. The molecule has 12 rings (SSSR count).